The van der Waals surface area contributed by atoms with Gasteiger partial charge in [-0.15, -0.1) is 0 Å². The number of carboxylic acid groups (broad SMARTS) is 1. The Balaban J connectivity index is 2.55. The van der Waals surface area contributed by atoms with Crippen LogP contribution in [0.5, 0.6) is 0 Å². The van der Waals surface area contributed by atoms with Crippen molar-refractivity contribution in [2.45, 2.75) is 38.0 Å². The molecule has 1 N–H and O–H groups in total. The molecule has 0 radical (unpaired) electrons. The molecule has 2 rings (SSSR count). The number of carbonyl (C=O) groups is 1. The van der Waals surface area contributed by atoms with Gasteiger partial charge in [-0.1, -0.05) is 34.8 Å². The lowest BCUT2D eigenvalue weighted by molar-refractivity contribution is -0.143. The summed E-state index contributed by atoms with van der Waals surface area (Å²) in [6.45, 7) is 1.99. The highest BCUT2D eigenvalue weighted by Crippen LogP contribution is 2.43. The maximum absolute atomic E-state index is 11.6. The number of aliphatic carboxylic acids is 1. The number of aryl methyl sites for hydroxylation is 1. The van der Waals surface area contributed by atoms with Crippen molar-refractivity contribution in [3.05, 3.63) is 33.8 Å². The van der Waals surface area contributed by atoms with Crippen LogP contribution in [0.25, 0.3) is 0 Å². The van der Waals surface area contributed by atoms with Crippen LogP contribution in [0, 0.1) is 6.92 Å². The molecule has 0 unspecified atom stereocenters. The molecule has 1 aliphatic carbocycles. The first-order valence-electron chi connectivity index (χ1n) is 5.56. The molecule has 0 atom stereocenters. The van der Waals surface area contributed by atoms with E-state index < -0.39 is 11.4 Å². The van der Waals surface area contributed by atoms with Gasteiger partial charge in [0.1, 0.15) is 0 Å². The number of hydrogen-bond donors (Lipinski definition) is 1. The van der Waals surface area contributed by atoms with Crippen LogP contribution in [0.4, 0.5) is 0 Å². The van der Waals surface area contributed by atoms with Crippen LogP contribution in [0.15, 0.2) is 22.7 Å². The van der Waals surface area contributed by atoms with Crippen molar-refractivity contribution in [2.24, 2.45) is 0 Å². The van der Waals surface area contributed by atoms with Gasteiger partial charge in [-0.2, -0.15) is 0 Å². The summed E-state index contributed by atoms with van der Waals surface area (Å²) < 4.78 is 0.959. The van der Waals surface area contributed by atoms with Crippen LogP contribution in [-0.4, -0.2) is 11.1 Å². The zero-order valence-electron chi connectivity index (χ0n) is 9.29. The van der Waals surface area contributed by atoms with Gasteiger partial charge in [0, 0.05) is 4.47 Å². The predicted octanol–water partition coefficient (Wildman–Crippen LogP) is 3.65. The summed E-state index contributed by atoms with van der Waals surface area (Å²) in [4.78, 5) is 11.6. The van der Waals surface area contributed by atoms with E-state index in [9.17, 15) is 9.90 Å². The minimum absolute atomic E-state index is 0.645. The van der Waals surface area contributed by atoms with E-state index in [1.807, 2.05) is 25.1 Å². The van der Waals surface area contributed by atoms with Crippen molar-refractivity contribution in [2.75, 3.05) is 0 Å². The van der Waals surface area contributed by atoms with E-state index in [1.165, 1.54) is 0 Å². The summed E-state index contributed by atoms with van der Waals surface area (Å²) in [5.74, 6) is -0.675. The fraction of sp³-hybridized carbons (Fsp3) is 0.462. The maximum atomic E-state index is 11.6. The third-order valence-corrected chi connectivity index (χ3v) is 4.07. The van der Waals surface area contributed by atoms with Gasteiger partial charge in [-0.3, -0.25) is 4.79 Å². The van der Waals surface area contributed by atoms with Crippen molar-refractivity contribution in [1.29, 1.82) is 0 Å². The van der Waals surface area contributed by atoms with Gasteiger partial charge in [-0.05, 0) is 43.0 Å². The van der Waals surface area contributed by atoms with Crippen LogP contribution in [0.3, 0.4) is 0 Å². The normalized spacial score (nSPS) is 18.6. The Morgan fingerprint density at radius 1 is 1.38 bits per heavy atom. The largest absolute Gasteiger partial charge is 0.481 e. The molecule has 1 saturated carbocycles. The maximum Gasteiger partial charge on any atom is 0.314 e. The average Bonchev–Trinajstić information content (AvgIpc) is 2.71. The Kier molecular flexibility index (Phi) is 3.06. The summed E-state index contributed by atoms with van der Waals surface area (Å²) in [7, 11) is 0. The monoisotopic (exact) mass is 282 g/mol. The number of hydrogen-bond acceptors (Lipinski definition) is 1. The molecule has 2 nitrogen and oxygen atoms in total. The topological polar surface area (TPSA) is 37.3 Å². The third-order valence-electron chi connectivity index (χ3n) is 3.58. The molecule has 1 aromatic carbocycles. The minimum Gasteiger partial charge on any atom is -0.481 e. The van der Waals surface area contributed by atoms with Crippen molar-refractivity contribution in [1.82, 2.24) is 0 Å². The Hall–Kier alpha value is -0.830. The summed E-state index contributed by atoms with van der Waals surface area (Å²) in [6.07, 6.45) is 3.55. The summed E-state index contributed by atoms with van der Waals surface area (Å²) in [5, 5.41) is 9.52. The Bertz CT molecular complexity index is 420. The molecule has 0 aliphatic heterocycles. The molecule has 0 amide bonds. The summed E-state index contributed by atoms with van der Waals surface area (Å²) in [5.41, 5.74) is 1.41. The molecule has 1 aliphatic rings. The second-order valence-corrected chi connectivity index (χ2v) is 5.47. The van der Waals surface area contributed by atoms with Gasteiger partial charge < -0.3 is 5.11 Å². The van der Waals surface area contributed by atoms with Gasteiger partial charge in [0.05, 0.1) is 5.41 Å². The lowest BCUT2D eigenvalue weighted by Crippen LogP contribution is -2.33. The fourth-order valence-corrected chi connectivity index (χ4v) is 3.05. The highest BCUT2D eigenvalue weighted by atomic mass is 79.9. The first-order valence-corrected chi connectivity index (χ1v) is 6.35. The van der Waals surface area contributed by atoms with Crippen LogP contribution in [0.1, 0.15) is 36.8 Å². The Labute approximate surface area is 104 Å². The highest BCUT2D eigenvalue weighted by molar-refractivity contribution is 9.10. The molecule has 1 fully saturated rings. The van der Waals surface area contributed by atoms with E-state index in [2.05, 4.69) is 15.9 Å². The number of benzene rings is 1. The molecular weight excluding hydrogens is 268 g/mol. The average molecular weight is 283 g/mol. The first kappa shape index (κ1) is 11.6. The first-order chi connectivity index (χ1) is 7.56. The SMILES string of the molecule is Cc1ccc(Br)cc1C1(C(=O)O)CCCC1. The number of rotatable bonds is 2. The third kappa shape index (κ3) is 1.77. The van der Waals surface area contributed by atoms with Crippen LogP contribution in [-0.2, 0) is 10.2 Å². The Morgan fingerprint density at radius 3 is 2.56 bits per heavy atom. The van der Waals surface area contributed by atoms with E-state index in [4.69, 9.17) is 0 Å². The summed E-state index contributed by atoms with van der Waals surface area (Å²) in [6, 6.07) is 5.92. The van der Waals surface area contributed by atoms with E-state index in [0.717, 1.165) is 41.3 Å². The number of carboxylic acids is 1. The standard InChI is InChI=1S/C13H15BrO2/c1-9-4-5-10(14)8-11(9)13(12(15)16)6-2-3-7-13/h4-5,8H,2-3,6-7H2,1H3,(H,15,16). The molecule has 0 saturated heterocycles. The molecule has 86 valence electrons. The van der Waals surface area contributed by atoms with E-state index in [1.54, 1.807) is 0 Å². The Morgan fingerprint density at radius 2 is 2.00 bits per heavy atom. The number of halogens is 1. The molecular formula is C13H15BrO2. The predicted molar refractivity (Wildman–Crippen MR) is 66.7 cm³/mol. The highest BCUT2D eigenvalue weighted by Gasteiger charge is 2.43. The van der Waals surface area contributed by atoms with Crippen molar-refractivity contribution in [3.8, 4) is 0 Å². The molecule has 0 heterocycles. The quantitative estimate of drug-likeness (QED) is 0.899. The van der Waals surface area contributed by atoms with Crippen molar-refractivity contribution in [3.63, 3.8) is 0 Å². The fourth-order valence-electron chi connectivity index (χ4n) is 2.69. The van der Waals surface area contributed by atoms with E-state index >= 15 is 0 Å². The molecule has 1 aromatic rings. The zero-order valence-corrected chi connectivity index (χ0v) is 10.9. The van der Waals surface area contributed by atoms with E-state index in [0.29, 0.717) is 0 Å². The van der Waals surface area contributed by atoms with Gasteiger partial charge in [0.15, 0.2) is 0 Å². The second-order valence-electron chi connectivity index (χ2n) is 4.55. The van der Waals surface area contributed by atoms with Gasteiger partial charge in [0.2, 0.25) is 0 Å². The zero-order chi connectivity index (χ0) is 11.8. The smallest absolute Gasteiger partial charge is 0.314 e. The van der Waals surface area contributed by atoms with Gasteiger partial charge >= 0.3 is 5.97 Å². The summed E-state index contributed by atoms with van der Waals surface area (Å²) >= 11 is 3.42. The van der Waals surface area contributed by atoms with Crippen LogP contribution >= 0.6 is 15.9 Å². The van der Waals surface area contributed by atoms with Crippen LogP contribution in [0.2, 0.25) is 0 Å². The molecule has 16 heavy (non-hydrogen) atoms. The van der Waals surface area contributed by atoms with Crippen LogP contribution < -0.4 is 0 Å². The molecule has 0 spiro atoms. The van der Waals surface area contributed by atoms with Gasteiger partial charge in [0.25, 0.3) is 0 Å². The molecule has 3 heteroatoms. The lowest BCUT2D eigenvalue weighted by atomic mass is 9.77. The molecule has 0 aromatic heterocycles. The van der Waals surface area contributed by atoms with Crippen molar-refractivity contribution >= 4 is 21.9 Å². The van der Waals surface area contributed by atoms with Crippen molar-refractivity contribution < 1.29 is 9.90 Å². The second kappa shape index (κ2) is 4.21. The minimum atomic E-state index is -0.675. The van der Waals surface area contributed by atoms with E-state index in [-0.39, 0.29) is 0 Å². The van der Waals surface area contributed by atoms with Gasteiger partial charge in [-0.25, -0.2) is 0 Å². The lowest BCUT2D eigenvalue weighted by Gasteiger charge is -2.26. The molecule has 0 bridgehead atoms.